The molecule has 19 nitrogen and oxygen atoms in total. The van der Waals surface area contributed by atoms with Crippen molar-refractivity contribution in [1.82, 2.24) is 0 Å². The average Bonchev–Trinajstić information content (AvgIpc) is 3.57. The van der Waals surface area contributed by atoms with Gasteiger partial charge in [-0.05, 0) is 72.5 Å². The zero-order valence-electron chi connectivity index (χ0n) is 38.1. The molecule has 370 valence electrons. The summed E-state index contributed by atoms with van der Waals surface area (Å²) in [6.45, 7) is 11.1. The first-order valence-electron chi connectivity index (χ1n) is 23.5. The van der Waals surface area contributed by atoms with Crippen molar-refractivity contribution in [2.75, 3.05) is 26.4 Å². The van der Waals surface area contributed by atoms with E-state index in [1.54, 1.807) is 0 Å². The molecule has 0 aromatic carbocycles. The van der Waals surface area contributed by atoms with Crippen LogP contribution in [0.2, 0.25) is 0 Å². The second-order valence-electron chi connectivity index (χ2n) is 22.8. The Morgan fingerprint density at radius 2 is 1.37 bits per heavy atom. The molecule has 0 radical (unpaired) electrons. The van der Waals surface area contributed by atoms with Crippen LogP contribution >= 0.6 is 0 Å². The molecule has 65 heavy (non-hydrogen) atoms. The summed E-state index contributed by atoms with van der Waals surface area (Å²) in [6, 6.07) is 0. The lowest BCUT2D eigenvalue weighted by molar-refractivity contribution is -0.362. The van der Waals surface area contributed by atoms with Crippen LogP contribution in [0.5, 0.6) is 0 Å². The van der Waals surface area contributed by atoms with Crippen LogP contribution in [0.4, 0.5) is 0 Å². The molecule has 8 fully saturated rings. The number of ether oxygens (including phenoxy) is 7. The number of rotatable bonds is 8. The maximum atomic E-state index is 13.7. The van der Waals surface area contributed by atoms with E-state index in [1.165, 1.54) is 5.57 Å². The molecule has 2 bridgehead atoms. The maximum Gasteiger partial charge on any atom is 0.315 e. The maximum absolute atomic E-state index is 13.7. The molecule has 3 unspecified atom stereocenters. The van der Waals surface area contributed by atoms with Gasteiger partial charge < -0.3 is 89.3 Å². The number of esters is 1. The lowest BCUT2D eigenvalue weighted by Gasteiger charge is -2.72. The molecule has 9 aliphatic rings. The predicted octanol–water partition coefficient (Wildman–Crippen LogP) is -1.65. The van der Waals surface area contributed by atoms with Crippen LogP contribution in [-0.4, -0.2) is 193 Å². The lowest BCUT2D eigenvalue weighted by atomic mass is 9.33. The Labute approximate surface area is 378 Å². The van der Waals surface area contributed by atoms with Gasteiger partial charge in [0.2, 0.25) is 0 Å². The first-order chi connectivity index (χ1) is 30.4. The van der Waals surface area contributed by atoms with Gasteiger partial charge in [0.05, 0.1) is 44.7 Å². The number of aliphatic hydroxyl groups is 11. The Bertz CT molecular complexity index is 1830. The molecule has 4 aliphatic heterocycles. The first kappa shape index (κ1) is 48.5. The number of aliphatic hydroxyl groups excluding tert-OH is 11. The van der Waals surface area contributed by atoms with Crippen molar-refractivity contribution in [3.05, 3.63) is 11.6 Å². The third-order valence-corrected chi connectivity index (χ3v) is 19.1. The second kappa shape index (κ2) is 16.6. The summed E-state index contributed by atoms with van der Waals surface area (Å²) in [5.74, 6) is -0.667. The fourth-order valence-corrected chi connectivity index (χ4v) is 15.1. The van der Waals surface area contributed by atoms with Crippen LogP contribution in [0.25, 0.3) is 0 Å². The Balaban J connectivity index is 0.927. The van der Waals surface area contributed by atoms with Crippen LogP contribution in [-0.2, 0) is 38.0 Å². The second-order valence-corrected chi connectivity index (χ2v) is 22.8. The van der Waals surface area contributed by atoms with E-state index in [-0.39, 0.29) is 47.1 Å². The smallest absolute Gasteiger partial charge is 0.315 e. The quantitative estimate of drug-likeness (QED) is 0.0738. The Kier molecular flexibility index (Phi) is 12.4. The molecular weight excluding hydrogens is 856 g/mol. The normalized spacial score (nSPS) is 57.2. The van der Waals surface area contributed by atoms with Crippen LogP contribution in [0.15, 0.2) is 11.6 Å². The first-order valence-corrected chi connectivity index (χ1v) is 23.5. The topological polar surface area (TPSA) is 304 Å². The molecule has 0 aromatic heterocycles. The van der Waals surface area contributed by atoms with Gasteiger partial charge in [0.15, 0.2) is 18.9 Å². The molecule has 25 atom stereocenters. The summed E-state index contributed by atoms with van der Waals surface area (Å²) >= 11 is 0. The van der Waals surface area contributed by atoms with Crippen molar-refractivity contribution < 1.29 is 94.1 Å². The Morgan fingerprint density at radius 3 is 2.06 bits per heavy atom. The molecule has 1 spiro atoms. The molecular formula is C46H72O19. The van der Waals surface area contributed by atoms with Crippen molar-refractivity contribution in [2.45, 2.75) is 191 Å². The van der Waals surface area contributed by atoms with Crippen LogP contribution in [0, 0.1) is 50.2 Å². The van der Waals surface area contributed by atoms with Gasteiger partial charge in [-0.25, -0.2) is 0 Å². The number of hydrogen-bond acceptors (Lipinski definition) is 19. The third-order valence-electron chi connectivity index (χ3n) is 19.1. The SMILES string of the molecule is CC1(C)C[C@H]2C3=CC[C@@H]4[C@@]5(C)C[C@H](O)[C@H](OC6O[C@H](COC7OC[C@@H](O)[C@H](O)[C@H]7OC7OC[C@@H](O)[C@H](O)[C@H]7O)[C@@H](O)[C@H](O)[C@H]6O)[C@@](C)(CO)[C@@H]5CC[C@@]4(C)[C@]3(C)C[C@H](O)[C@@]23C[C@@H]1OC3=O. The molecule has 19 heteroatoms. The zero-order chi connectivity index (χ0) is 47.1. The molecule has 0 aromatic rings. The Hall–Kier alpha value is -1.47. The largest absolute Gasteiger partial charge is 0.461 e. The van der Waals surface area contributed by atoms with Crippen LogP contribution in [0.1, 0.15) is 86.5 Å². The van der Waals surface area contributed by atoms with Crippen molar-refractivity contribution in [2.24, 2.45) is 50.2 Å². The standard InChI is InChI=1S/C46H72O19/c1-41(2)11-20-19-7-8-26-42(3)12-21(48)36(43(4,18-47)25(42)9-10-44(26,5)45(19,6)13-27(51)46(20)14-28(41)63-40(46)58)65-38-34(57)32(55)31(54)24(62-38)17-61-39-35(30(53)23(50)16-60-39)64-37-33(56)29(52)22(49)15-59-37/h7,20-39,47-57H,8-18H2,1-6H3/t20-,21-,22+,23+,24+,25+,26+,27-,28-,29-,30-,31+,32-,33+,34+,35+,36-,37?,38?,39?,42-,43-,44+,45+,46+/m0/s1. The van der Waals surface area contributed by atoms with E-state index in [1.807, 2.05) is 6.92 Å². The van der Waals surface area contributed by atoms with E-state index < -0.39 is 146 Å². The Morgan fingerprint density at radius 1 is 0.708 bits per heavy atom. The van der Waals surface area contributed by atoms with E-state index >= 15 is 0 Å². The highest BCUT2D eigenvalue weighted by Crippen LogP contribution is 2.76. The monoisotopic (exact) mass is 928 g/mol. The van der Waals surface area contributed by atoms with Crippen molar-refractivity contribution in [1.29, 1.82) is 0 Å². The summed E-state index contributed by atoms with van der Waals surface area (Å²) < 4.78 is 41.0. The van der Waals surface area contributed by atoms with E-state index in [2.05, 4.69) is 40.7 Å². The van der Waals surface area contributed by atoms with Crippen LogP contribution < -0.4 is 0 Å². The molecule has 5 aliphatic carbocycles. The van der Waals surface area contributed by atoms with Crippen LogP contribution in [0.3, 0.4) is 0 Å². The average molecular weight is 929 g/mol. The van der Waals surface area contributed by atoms with Crippen molar-refractivity contribution in [3.8, 4) is 0 Å². The van der Waals surface area contributed by atoms with Gasteiger partial charge in [0, 0.05) is 17.3 Å². The summed E-state index contributed by atoms with van der Waals surface area (Å²) in [5, 5.41) is 121. The number of carbonyl (C=O) groups is 1. The van der Waals surface area contributed by atoms with Gasteiger partial charge in [-0.15, -0.1) is 0 Å². The van der Waals surface area contributed by atoms with E-state index in [0.717, 1.165) is 12.8 Å². The highest BCUT2D eigenvalue weighted by molar-refractivity contribution is 5.82. The fourth-order valence-electron chi connectivity index (χ4n) is 15.1. The van der Waals surface area contributed by atoms with Gasteiger partial charge >= 0.3 is 5.97 Å². The summed E-state index contributed by atoms with van der Waals surface area (Å²) in [5.41, 5.74) is -2.48. The highest BCUT2D eigenvalue weighted by atomic mass is 16.8. The fraction of sp³-hybridized carbons (Fsp3) is 0.935. The van der Waals surface area contributed by atoms with Gasteiger partial charge in [-0.1, -0.05) is 53.2 Å². The lowest BCUT2D eigenvalue weighted by Crippen LogP contribution is -2.70. The minimum absolute atomic E-state index is 0.000771. The third kappa shape index (κ3) is 7.03. The van der Waals surface area contributed by atoms with Gasteiger partial charge in [-0.2, -0.15) is 0 Å². The predicted molar refractivity (Wildman–Crippen MR) is 220 cm³/mol. The summed E-state index contributed by atoms with van der Waals surface area (Å²) in [4.78, 5) is 13.7. The van der Waals surface area contributed by atoms with Crippen molar-refractivity contribution in [3.63, 3.8) is 0 Å². The van der Waals surface area contributed by atoms with Crippen molar-refractivity contribution >= 4 is 5.97 Å². The minimum atomic E-state index is -1.82. The molecule has 4 saturated carbocycles. The molecule has 4 saturated heterocycles. The van der Waals surface area contributed by atoms with Gasteiger partial charge in [-0.3, -0.25) is 4.79 Å². The number of allylic oxidation sites excluding steroid dienone is 2. The zero-order valence-corrected chi connectivity index (χ0v) is 38.1. The molecule has 4 heterocycles. The van der Waals surface area contributed by atoms with E-state index in [9.17, 15) is 61.0 Å². The minimum Gasteiger partial charge on any atom is -0.461 e. The molecule has 11 N–H and O–H groups in total. The molecule has 9 rings (SSSR count). The van der Waals surface area contributed by atoms with Gasteiger partial charge in [0.25, 0.3) is 0 Å². The highest BCUT2D eigenvalue weighted by Gasteiger charge is 2.75. The number of hydrogen-bond donors (Lipinski definition) is 11. The van der Waals surface area contributed by atoms with Gasteiger partial charge in [0.1, 0.15) is 72.6 Å². The number of fused-ring (bicyclic) bond motifs is 7. The number of carbonyl (C=O) groups excluding carboxylic acids is 1. The van der Waals surface area contributed by atoms with E-state index in [4.69, 9.17) is 33.2 Å². The summed E-state index contributed by atoms with van der Waals surface area (Å²) in [6.07, 6.45) is -18.0. The molecule has 0 amide bonds. The summed E-state index contributed by atoms with van der Waals surface area (Å²) in [7, 11) is 0. The van der Waals surface area contributed by atoms with E-state index in [0.29, 0.717) is 25.7 Å².